The van der Waals surface area contributed by atoms with Gasteiger partial charge >= 0.3 is 0 Å². The third-order valence-electron chi connectivity index (χ3n) is 4.49. The Hall–Kier alpha value is -2.67. The molecular weight excluding hydrogens is 368 g/mol. The maximum atomic E-state index is 14.2. The summed E-state index contributed by atoms with van der Waals surface area (Å²) in [7, 11) is 0. The average Bonchev–Trinajstić information content (AvgIpc) is 2.70. The molecule has 0 spiro atoms. The standard InChI is InChI=1S/C20H17F2N3OS/c21-13-5-6-18(16(22)11-13)24-19-14-3-1-2-4-17(14)23-12-15(19)20(26)25-7-9-27-10-8-25/h1-6,11-12H,7-10H2,(H,23,24). The zero-order chi connectivity index (χ0) is 18.8. The fourth-order valence-corrected chi connectivity index (χ4v) is 4.00. The van der Waals surface area contributed by atoms with E-state index in [1.807, 2.05) is 36.0 Å². The van der Waals surface area contributed by atoms with Crippen molar-refractivity contribution in [2.45, 2.75) is 0 Å². The molecule has 0 atom stereocenters. The molecule has 0 aliphatic carbocycles. The van der Waals surface area contributed by atoms with Crippen LogP contribution in [0.2, 0.25) is 0 Å². The molecule has 1 saturated heterocycles. The van der Waals surface area contributed by atoms with Crippen LogP contribution < -0.4 is 5.32 Å². The number of anilines is 2. The number of thioether (sulfide) groups is 1. The van der Waals surface area contributed by atoms with Crippen LogP contribution in [0.1, 0.15) is 10.4 Å². The minimum atomic E-state index is -0.719. The van der Waals surface area contributed by atoms with Gasteiger partial charge in [-0.15, -0.1) is 0 Å². The molecule has 1 amide bonds. The molecule has 1 aliphatic rings. The number of hydrogen-bond donors (Lipinski definition) is 1. The summed E-state index contributed by atoms with van der Waals surface area (Å²) < 4.78 is 27.5. The van der Waals surface area contributed by atoms with E-state index in [2.05, 4.69) is 10.3 Å². The Labute approximate surface area is 159 Å². The van der Waals surface area contributed by atoms with Gasteiger partial charge in [-0.3, -0.25) is 9.78 Å². The second-order valence-corrected chi connectivity index (χ2v) is 7.44. The smallest absolute Gasteiger partial charge is 0.257 e. The molecule has 0 radical (unpaired) electrons. The number of rotatable bonds is 3. The largest absolute Gasteiger partial charge is 0.352 e. The summed E-state index contributed by atoms with van der Waals surface area (Å²) in [6, 6.07) is 10.7. The fourth-order valence-electron chi connectivity index (χ4n) is 3.10. The summed E-state index contributed by atoms with van der Waals surface area (Å²) in [4.78, 5) is 19.3. The van der Waals surface area contributed by atoms with Crippen molar-refractivity contribution in [3.8, 4) is 0 Å². The van der Waals surface area contributed by atoms with Gasteiger partial charge < -0.3 is 10.2 Å². The van der Waals surface area contributed by atoms with Gasteiger partial charge in [-0.05, 0) is 18.2 Å². The van der Waals surface area contributed by atoms with Crippen molar-refractivity contribution in [3.63, 3.8) is 0 Å². The lowest BCUT2D eigenvalue weighted by Crippen LogP contribution is -2.38. The number of hydrogen-bond acceptors (Lipinski definition) is 4. The van der Waals surface area contributed by atoms with Crippen molar-refractivity contribution >= 4 is 39.9 Å². The molecule has 27 heavy (non-hydrogen) atoms. The zero-order valence-electron chi connectivity index (χ0n) is 14.4. The number of para-hydroxylation sites is 1. The van der Waals surface area contributed by atoms with Gasteiger partial charge in [0.1, 0.15) is 11.6 Å². The van der Waals surface area contributed by atoms with Crippen LogP contribution in [-0.2, 0) is 0 Å². The molecule has 2 heterocycles. The molecule has 3 aromatic rings. The number of halogens is 2. The molecule has 4 rings (SSSR count). The first-order chi connectivity index (χ1) is 13.1. The predicted octanol–water partition coefficient (Wildman–Crippen LogP) is 4.45. The van der Waals surface area contributed by atoms with Gasteiger partial charge in [-0.2, -0.15) is 11.8 Å². The van der Waals surface area contributed by atoms with Crippen molar-refractivity contribution in [2.24, 2.45) is 0 Å². The van der Waals surface area contributed by atoms with E-state index in [0.717, 1.165) is 17.6 Å². The number of pyridine rings is 1. The van der Waals surface area contributed by atoms with Crippen molar-refractivity contribution in [1.29, 1.82) is 0 Å². The lowest BCUT2D eigenvalue weighted by molar-refractivity contribution is 0.0773. The summed E-state index contributed by atoms with van der Waals surface area (Å²) >= 11 is 1.81. The molecule has 0 unspecified atom stereocenters. The number of carbonyl (C=O) groups excluding carboxylic acids is 1. The van der Waals surface area contributed by atoms with Crippen molar-refractivity contribution in [2.75, 3.05) is 29.9 Å². The van der Waals surface area contributed by atoms with E-state index in [0.29, 0.717) is 35.2 Å². The van der Waals surface area contributed by atoms with Crippen LogP contribution in [0.3, 0.4) is 0 Å². The lowest BCUT2D eigenvalue weighted by Gasteiger charge is -2.27. The maximum absolute atomic E-state index is 14.2. The highest BCUT2D eigenvalue weighted by Gasteiger charge is 2.23. The number of benzene rings is 2. The molecule has 7 heteroatoms. The van der Waals surface area contributed by atoms with Crippen LogP contribution in [0.15, 0.2) is 48.7 Å². The number of amides is 1. The Bertz CT molecular complexity index is 1010. The molecule has 138 valence electrons. The van der Waals surface area contributed by atoms with Gasteiger partial charge in [0.2, 0.25) is 0 Å². The van der Waals surface area contributed by atoms with E-state index in [-0.39, 0.29) is 11.6 Å². The maximum Gasteiger partial charge on any atom is 0.257 e. The highest BCUT2D eigenvalue weighted by atomic mass is 32.2. The number of aromatic nitrogens is 1. The highest BCUT2D eigenvalue weighted by Crippen LogP contribution is 2.31. The number of nitrogens with zero attached hydrogens (tertiary/aromatic N) is 2. The first-order valence-corrected chi connectivity index (χ1v) is 9.76. The van der Waals surface area contributed by atoms with E-state index >= 15 is 0 Å². The van der Waals surface area contributed by atoms with E-state index < -0.39 is 11.6 Å². The predicted molar refractivity (Wildman–Crippen MR) is 105 cm³/mol. The summed E-state index contributed by atoms with van der Waals surface area (Å²) in [5, 5.41) is 3.70. The van der Waals surface area contributed by atoms with Crippen LogP contribution in [0, 0.1) is 11.6 Å². The normalized spacial score (nSPS) is 14.4. The van der Waals surface area contributed by atoms with Crippen LogP contribution >= 0.6 is 11.8 Å². The fraction of sp³-hybridized carbons (Fsp3) is 0.200. The zero-order valence-corrected chi connectivity index (χ0v) is 15.2. The van der Waals surface area contributed by atoms with E-state index in [9.17, 15) is 13.6 Å². The van der Waals surface area contributed by atoms with Gasteiger partial charge in [-0.1, -0.05) is 18.2 Å². The summed E-state index contributed by atoms with van der Waals surface area (Å²) in [6.45, 7) is 1.33. The average molecular weight is 385 g/mol. The lowest BCUT2D eigenvalue weighted by atomic mass is 10.1. The molecular formula is C20H17F2N3OS. The van der Waals surface area contributed by atoms with Crippen LogP contribution in [-0.4, -0.2) is 40.4 Å². The van der Waals surface area contributed by atoms with Crippen molar-refractivity contribution in [1.82, 2.24) is 9.88 Å². The van der Waals surface area contributed by atoms with Crippen molar-refractivity contribution < 1.29 is 13.6 Å². The molecule has 4 nitrogen and oxygen atoms in total. The van der Waals surface area contributed by atoms with Gasteiger partial charge in [0.15, 0.2) is 0 Å². The second kappa shape index (κ2) is 7.52. The molecule has 2 aromatic carbocycles. The number of fused-ring (bicyclic) bond motifs is 1. The van der Waals surface area contributed by atoms with Crippen LogP contribution in [0.25, 0.3) is 10.9 Å². The highest BCUT2D eigenvalue weighted by molar-refractivity contribution is 7.99. The van der Waals surface area contributed by atoms with Crippen LogP contribution in [0.5, 0.6) is 0 Å². The Morgan fingerprint density at radius 2 is 1.89 bits per heavy atom. The van der Waals surface area contributed by atoms with E-state index in [1.54, 1.807) is 4.90 Å². The number of carbonyl (C=O) groups is 1. The van der Waals surface area contributed by atoms with Gasteiger partial charge in [-0.25, -0.2) is 8.78 Å². The van der Waals surface area contributed by atoms with Gasteiger partial charge in [0.05, 0.1) is 22.5 Å². The summed E-state index contributed by atoms with van der Waals surface area (Å²) in [5.74, 6) is 0.270. The third-order valence-corrected chi connectivity index (χ3v) is 5.44. The Morgan fingerprint density at radius 1 is 1.11 bits per heavy atom. The monoisotopic (exact) mass is 385 g/mol. The molecule has 1 N–H and O–H groups in total. The van der Waals surface area contributed by atoms with Gasteiger partial charge in [0.25, 0.3) is 5.91 Å². The molecule has 0 bridgehead atoms. The Balaban J connectivity index is 1.81. The van der Waals surface area contributed by atoms with Crippen LogP contribution in [0.4, 0.5) is 20.2 Å². The van der Waals surface area contributed by atoms with Gasteiger partial charge in [0, 0.05) is 42.2 Å². The third kappa shape index (κ3) is 3.60. The molecule has 0 saturated carbocycles. The minimum Gasteiger partial charge on any atom is -0.352 e. The van der Waals surface area contributed by atoms with E-state index in [4.69, 9.17) is 0 Å². The van der Waals surface area contributed by atoms with Crippen molar-refractivity contribution in [3.05, 3.63) is 65.9 Å². The summed E-state index contributed by atoms with van der Waals surface area (Å²) in [5.41, 5.74) is 1.66. The molecule has 1 fully saturated rings. The first-order valence-electron chi connectivity index (χ1n) is 8.60. The first kappa shape index (κ1) is 17.7. The topological polar surface area (TPSA) is 45.2 Å². The minimum absolute atomic E-state index is 0.107. The quantitative estimate of drug-likeness (QED) is 0.724. The Kier molecular flexibility index (Phi) is 4.94. The SMILES string of the molecule is O=C(c1cnc2ccccc2c1Nc1ccc(F)cc1F)N1CCSCC1. The molecule has 1 aliphatic heterocycles. The Morgan fingerprint density at radius 3 is 2.67 bits per heavy atom. The number of nitrogens with one attached hydrogen (secondary N) is 1. The molecule has 1 aromatic heterocycles. The second-order valence-electron chi connectivity index (χ2n) is 6.22. The summed E-state index contributed by atoms with van der Waals surface area (Å²) in [6.07, 6.45) is 1.52. The van der Waals surface area contributed by atoms with E-state index in [1.165, 1.54) is 18.3 Å².